The predicted octanol–water partition coefficient (Wildman–Crippen LogP) is 1.53. The Morgan fingerprint density at radius 1 is 1.21 bits per heavy atom. The van der Waals surface area contributed by atoms with Crippen molar-refractivity contribution in [1.82, 2.24) is 5.32 Å². The van der Waals surface area contributed by atoms with Crippen LogP contribution in [0.15, 0.2) is 12.2 Å². The first kappa shape index (κ1) is 10.2. The van der Waals surface area contributed by atoms with Crippen molar-refractivity contribution >= 4 is 0 Å². The summed E-state index contributed by atoms with van der Waals surface area (Å²) in [7, 11) is 0. The van der Waals surface area contributed by atoms with Crippen LogP contribution in [0, 0.1) is 17.8 Å². The average Bonchev–Trinajstić information content (AvgIpc) is 2.79. The van der Waals surface area contributed by atoms with E-state index < -0.39 is 0 Å². The monoisotopic (exact) mass is 194 g/mol. The Bertz CT molecular complexity index is 200. The van der Waals surface area contributed by atoms with Gasteiger partial charge in [0.1, 0.15) is 0 Å². The molecule has 3 N–H and O–H groups in total. The van der Waals surface area contributed by atoms with Crippen molar-refractivity contribution in [2.45, 2.75) is 25.7 Å². The molecule has 3 unspecified atom stereocenters. The molecule has 1 saturated carbocycles. The molecule has 0 aromatic heterocycles. The van der Waals surface area contributed by atoms with Gasteiger partial charge in [0.05, 0.1) is 0 Å². The summed E-state index contributed by atoms with van der Waals surface area (Å²) in [5.74, 6) is 2.72. The number of unbranched alkanes of at least 4 members (excludes halogenated alkanes) is 1. The first-order valence-electron chi connectivity index (χ1n) is 5.99. The second kappa shape index (κ2) is 4.94. The molecule has 2 aliphatic rings. The van der Waals surface area contributed by atoms with Gasteiger partial charge in [-0.05, 0) is 63.1 Å². The molecule has 0 spiro atoms. The molecule has 2 aliphatic carbocycles. The topological polar surface area (TPSA) is 38.0 Å². The van der Waals surface area contributed by atoms with Gasteiger partial charge < -0.3 is 11.1 Å². The van der Waals surface area contributed by atoms with Crippen LogP contribution in [0.4, 0.5) is 0 Å². The van der Waals surface area contributed by atoms with Crippen LogP contribution >= 0.6 is 0 Å². The summed E-state index contributed by atoms with van der Waals surface area (Å²) in [5.41, 5.74) is 5.45. The van der Waals surface area contributed by atoms with Crippen LogP contribution < -0.4 is 11.1 Å². The van der Waals surface area contributed by atoms with E-state index in [0.717, 1.165) is 37.3 Å². The SMILES string of the molecule is NCCCCNCC1CC2C=CC1C2. The van der Waals surface area contributed by atoms with Crippen molar-refractivity contribution < 1.29 is 0 Å². The fourth-order valence-corrected chi connectivity index (χ4v) is 2.81. The van der Waals surface area contributed by atoms with E-state index in [1.807, 2.05) is 0 Å². The highest BCUT2D eigenvalue weighted by atomic mass is 14.9. The summed E-state index contributed by atoms with van der Waals surface area (Å²) in [6.07, 6.45) is 10.1. The Hall–Kier alpha value is -0.340. The quantitative estimate of drug-likeness (QED) is 0.497. The van der Waals surface area contributed by atoms with Gasteiger partial charge in [-0.25, -0.2) is 0 Å². The molecule has 0 heterocycles. The Morgan fingerprint density at radius 2 is 2.14 bits per heavy atom. The van der Waals surface area contributed by atoms with Gasteiger partial charge >= 0.3 is 0 Å². The fourth-order valence-electron chi connectivity index (χ4n) is 2.81. The minimum Gasteiger partial charge on any atom is -0.330 e. The van der Waals surface area contributed by atoms with Crippen molar-refractivity contribution in [1.29, 1.82) is 0 Å². The summed E-state index contributed by atoms with van der Waals surface area (Å²) in [6, 6.07) is 0. The number of fused-ring (bicyclic) bond motifs is 2. The van der Waals surface area contributed by atoms with Crippen LogP contribution in [0.25, 0.3) is 0 Å². The molecule has 0 aliphatic heterocycles. The molecule has 1 fully saturated rings. The summed E-state index contributed by atoms with van der Waals surface area (Å²) < 4.78 is 0. The molecule has 14 heavy (non-hydrogen) atoms. The highest BCUT2D eigenvalue weighted by Gasteiger charge is 2.34. The largest absolute Gasteiger partial charge is 0.330 e. The third-order valence-electron chi connectivity index (χ3n) is 3.63. The lowest BCUT2D eigenvalue weighted by atomic mass is 9.93. The lowest BCUT2D eigenvalue weighted by Crippen LogP contribution is -2.26. The summed E-state index contributed by atoms with van der Waals surface area (Å²) in [5, 5.41) is 3.56. The lowest BCUT2D eigenvalue weighted by Gasteiger charge is -2.18. The Morgan fingerprint density at radius 3 is 2.79 bits per heavy atom. The third-order valence-corrected chi connectivity index (χ3v) is 3.63. The molecule has 0 radical (unpaired) electrons. The van der Waals surface area contributed by atoms with Crippen molar-refractivity contribution in [3.05, 3.63) is 12.2 Å². The van der Waals surface area contributed by atoms with Crippen LogP contribution in [0.3, 0.4) is 0 Å². The fraction of sp³-hybridized carbons (Fsp3) is 0.833. The van der Waals surface area contributed by atoms with Gasteiger partial charge in [-0.3, -0.25) is 0 Å². The maximum Gasteiger partial charge on any atom is -0.00147 e. The van der Waals surface area contributed by atoms with E-state index in [0.29, 0.717) is 0 Å². The highest BCUT2D eigenvalue weighted by molar-refractivity contribution is 5.10. The van der Waals surface area contributed by atoms with Crippen LogP contribution in [0.1, 0.15) is 25.7 Å². The molecular weight excluding hydrogens is 172 g/mol. The Labute approximate surface area is 86.9 Å². The van der Waals surface area contributed by atoms with Crippen LogP contribution in [-0.4, -0.2) is 19.6 Å². The van der Waals surface area contributed by atoms with Gasteiger partial charge in [0.2, 0.25) is 0 Å². The van der Waals surface area contributed by atoms with Gasteiger partial charge in [-0.1, -0.05) is 12.2 Å². The number of allylic oxidation sites excluding steroid dienone is 2. The molecule has 0 aromatic rings. The number of nitrogens with one attached hydrogen (secondary N) is 1. The molecule has 0 amide bonds. The molecule has 0 aromatic carbocycles. The molecular formula is C12H22N2. The summed E-state index contributed by atoms with van der Waals surface area (Å²) in [6.45, 7) is 3.20. The molecule has 2 nitrogen and oxygen atoms in total. The van der Waals surface area contributed by atoms with E-state index in [2.05, 4.69) is 17.5 Å². The predicted molar refractivity (Wildman–Crippen MR) is 60.0 cm³/mol. The maximum atomic E-state index is 5.45. The van der Waals surface area contributed by atoms with Crippen LogP contribution in [0.2, 0.25) is 0 Å². The highest BCUT2D eigenvalue weighted by Crippen LogP contribution is 2.42. The van der Waals surface area contributed by atoms with Gasteiger partial charge in [0.25, 0.3) is 0 Å². The molecule has 3 atom stereocenters. The second-order valence-corrected chi connectivity index (χ2v) is 4.74. The molecule has 2 rings (SSSR count). The van der Waals surface area contributed by atoms with E-state index in [1.54, 1.807) is 0 Å². The third kappa shape index (κ3) is 2.37. The molecule has 80 valence electrons. The van der Waals surface area contributed by atoms with E-state index in [9.17, 15) is 0 Å². The zero-order valence-electron chi connectivity index (χ0n) is 8.91. The summed E-state index contributed by atoms with van der Waals surface area (Å²) in [4.78, 5) is 0. The van der Waals surface area contributed by atoms with Crippen LogP contribution in [0.5, 0.6) is 0 Å². The first-order valence-corrected chi connectivity index (χ1v) is 5.99. The van der Waals surface area contributed by atoms with Gasteiger partial charge in [0, 0.05) is 0 Å². The van der Waals surface area contributed by atoms with Gasteiger partial charge in [-0.2, -0.15) is 0 Å². The average molecular weight is 194 g/mol. The number of hydrogen-bond donors (Lipinski definition) is 2. The van der Waals surface area contributed by atoms with Crippen LogP contribution in [-0.2, 0) is 0 Å². The Balaban J connectivity index is 1.56. The summed E-state index contributed by atoms with van der Waals surface area (Å²) >= 11 is 0. The van der Waals surface area contributed by atoms with E-state index in [4.69, 9.17) is 5.73 Å². The molecule has 2 heteroatoms. The minimum atomic E-state index is 0.832. The van der Waals surface area contributed by atoms with Crippen molar-refractivity contribution in [2.24, 2.45) is 23.5 Å². The van der Waals surface area contributed by atoms with E-state index in [1.165, 1.54) is 25.8 Å². The van der Waals surface area contributed by atoms with Gasteiger partial charge in [0.15, 0.2) is 0 Å². The van der Waals surface area contributed by atoms with Gasteiger partial charge in [-0.15, -0.1) is 0 Å². The second-order valence-electron chi connectivity index (χ2n) is 4.74. The van der Waals surface area contributed by atoms with E-state index >= 15 is 0 Å². The number of rotatable bonds is 6. The van der Waals surface area contributed by atoms with Crippen molar-refractivity contribution in [3.8, 4) is 0 Å². The number of nitrogens with two attached hydrogens (primary N) is 1. The zero-order valence-corrected chi connectivity index (χ0v) is 8.91. The minimum absolute atomic E-state index is 0.832. The van der Waals surface area contributed by atoms with Crippen molar-refractivity contribution in [3.63, 3.8) is 0 Å². The first-order chi connectivity index (χ1) is 6.90. The Kier molecular flexibility index (Phi) is 3.60. The van der Waals surface area contributed by atoms with E-state index in [-0.39, 0.29) is 0 Å². The smallest absolute Gasteiger partial charge is 0.00147 e. The normalized spacial score (nSPS) is 34.2. The van der Waals surface area contributed by atoms with Crippen molar-refractivity contribution in [2.75, 3.05) is 19.6 Å². The lowest BCUT2D eigenvalue weighted by molar-refractivity contribution is 0.412. The maximum absolute atomic E-state index is 5.45. The number of hydrogen-bond acceptors (Lipinski definition) is 2. The standard InChI is InChI=1S/C12H22N2/c13-5-1-2-6-14-9-12-8-10-3-4-11(12)7-10/h3-4,10-12,14H,1-2,5-9,13H2. The zero-order chi connectivity index (χ0) is 9.80. The molecule has 0 saturated heterocycles. The molecule has 2 bridgehead atoms.